The van der Waals surface area contributed by atoms with Gasteiger partial charge in [0, 0.05) is 18.4 Å². The van der Waals surface area contributed by atoms with Crippen LogP contribution in [0, 0.1) is 0 Å². The topological polar surface area (TPSA) is 104 Å². The Morgan fingerprint density at radius 3 is 2.25 bits per heavy atom. The van der Waals surface area contributed by atoms with E-state index in [1.807, 2.05) is 0 Å². The molecule has 28 heavy (non-hydrogen) atoms. The third-order valence-electron chi connectivity index (χ3n) is 3.96. The smallest absolute Gasteiger partial charge is 0.261 e. The Morgan fingerprint density at radius 1 is 1.00 bits per heavy atom. The molecular formula is C18H18N2O6S2. The number of methoxy groups -OCH3 is 3. The van der Waals surface area contributed by atoms with Crippen LogP contribution in [0.15, 0.2) is 35.2 Å². The lowest BCUT2D eigenvalue weighted by Crippen LogP contribution is -2.13. The molecular weight excluding hydrogens is 404 g/mol. The van der Waals surface area contributed by atoms with Gasteiger partial charge in [-0.05, 0) is 18.2 Å². The molecule has 0 aliphatic heterocycles. The molecule has 0 fully saturated rings. The molecule has 10 heteroatoms. The summed E-state index contributed by atoms with van der Waals surface area (Å²) in [6.07, 6.45) is 1.14. The number of carbonyl (C=O) groups excluding carboxylic acids is 1. The van der Waals surface area contributed by atoms with Gasteiger partial charge in [-0.2, -0.15) is 0 Å². The second kappa shape index (κ2) is 7.64. The predicted molar refractivity (Wildman–Crippen MR) is 107 cm³/mol. The number of fused-ring (bicyclic) bond motifs is 1. The summed E-state index contributed by atoms with van der Waals surface area (Å²) in [5.41, 5.74) is 0.836. The molecule has 3 aromatic rings. The lowest BCUT2D eigenvalue weighted by atomic mass is 10.1. The van der Waals surface area contributed by atoms with Gasteiger partial charge in [-0.3, -0.25) is 10.1 Å². The molecule has 1 heterocycles. The van der Waals surface area contributed by atoms with Gasteiger partial charge >= 0.3 is 0 Å². The van der Waals surface area contributed by atoms with Gasteiger partial charge in [-0.1, -0.05) is 11.3 Å². The lowest BCUT2D eigenvalue weighted by molar-refractivity contribution is 0.102. The van der Waals surface area contributed by atoms with Crippen molar-refractivity contribution < 1.29 is 27.4 Å². The van der Waals surface area contributed by atoms with Gasteiger partial charge in [0.25, 0.3) is 5.91 Å². The summed E-state index contributed by atoms with van der Waals surface area (Å²) in [6, 6.07) is 7.71. The van der Waals surface area contributed by atoms with E-state index in [-0.39, 0.29) is 10.5 Å². The van der Waals surface area contributed by atoms with Crippen molar-refractivity contribution in [2.45, 2.75) is 4.90 Å². The van der Waals surface area contributed by atoms with Crippen LogP contribution in [0.25, 0.3) is 10.2 Å². The van der Waals surface area contributed by atoms with Gasteiger partial charge in [0.15, 0.2) is 26.5 Å². The van der Waals surface area contributed by atoms with Crippen molar-refractivity contribution in [2.75, 3.05) is 32.9 Å². The number of anilines is 1. The van der Waals surface area contributed by atoms with Gasteiger partial charge < -0.3 is 14.2 Å². The number of rotatable bonds is 6. The molecule has 0 aliphatic rings. The molecule has 0 saturated carbocycles. The Hall–Kier alpha value is -2.85. The standard InChI is InChI=1S/C18H18N2O6S2/c1-24-13-9-15(26-3)14(25-2)8-11(13)17(21)20-18-19-12-6-5-10(28(4,22)23)7-16(12)27-18/h5-9H,1-4H3,(H,19,20,21). The third-order valence-corrected chi connectivity index (χ3v) is 6.00. The van der Waals surface area contributed by atoms with E-state index in [9.17, 15) is 13.2 Å². The number of thiazole rings is 1. The monoisotopic (exact) mass is 422 g/mol. The van der Waals surface area contributed by atoms with E-state index in [0.717, 1.165) is 6.26 Å². The Kier molecular flexibility index (Phi) is 5.43. The fraction of sp³-hybridized carbons (Fsp3) is 0.222. The zero-order valence-corrected chi connectivity index (χ0v) is 17.2. The quantitative estimate of drug-likeness (QED) is 0.651. The second-order valence-electron chi connectivity index (χ2n) is 5.78. The van der Waals surface area contributed by atoms with Crippen LogP contribution in [0.4, 0.5) is 5.13 Å². The van der Waals surface area contributed by atoms with E-state index in [1.165, 1.54) is 50.9 Å². The van der Waals surface area contributed by atoms with Crippen molar-refractivity contribution in [1.29, 1.82) is 0 Å². The van der Waals surface area contributed by atoms with Crippen LogP contribution >= 0.6 is 11.3 Å². The van der Waals surface area contributed by atoms with E-state index >= 15 is 0 Å². The Labute approximate surface area is 166 Å². The normalized spacial score (nSPS) is 11.3. The number of sulfone groups is 1. The van der Waals surface area contributed by atoms with E-state index in [1.54, 1.807) is 12.1 Å². The number of ether oxygens (including phenoxy) is 3. The molecule has 1 amide bonds. The molecule has 0 spiro atoms. The summed E-state index contributed by atoms with van der Waals surface area (Å²) in [5, 5.41) is 3.05. The molecule has 0 radical (unpaired) electrons. The number of aromatic nitrogens is 1. The van der Waals surface area contributed by atoms with Crippen molar-refractivity contribution in [3.05, 3.63) is 35.9 Å². The van der Waals surface area contributed by atoms with Gasteiger partial charge in [0.05, 0.1) is 42.0 Å². The molecule has 0 aliphatic carbocycles. The summed E-state index contributed by atoms with van der Waals surface area (Å²) in [7, 11) is 1.08. The van der Waals surface area contributed by atoms with Crippen molar-refractivity contribution in [1.82, 2.24) is 4.98 Å². The summed E-state index contributed by atoms with van der Waals surface area (Å²) in [5.74, 6) is 0.690. The highest BCUT2D eigenvalue weighted by Crippen LogP contribution is 2.35. The molecule has 0 bridgehead atoms. The number of nitrogens with one attached hydrogen (secondary N) is 1. The molecule has 3 rings (SSSR count). The van der Waals surface area contributed by atoms with Crippen LogP contribution in [-0.4, -0.2) is 46.9 Å². The van der Waals surface area contributed by atoms with E-state index in [0.29, 0.717) is 32.6 Å². The van der Waals surface area contributed by atoms with Crippen LogP contribution in [0.5, 0.6) is 17.2 Å². The van der Waals surface area contributed by atoms with E-state index in [2.05, 4.69) is 10.3 Å². The van der Waals surface area contributed by atoms with Crippen molar-refractivity contribution in [3.8, 4) is 17.2 Å². The fourth-order valence-electron chi connectivity index (χ4n) is 2.56. The van der Waals surface area contributed by atoms with Crippen LogP contribution in [0.3, 0.4) is 0 Å². The highest BCUT2D eigenvalue weighted by atomic mass is 32.2. The van der Waals surface area contributed by atoms with E-state index < -0.39 is 15.7 Å². The minimum absolute atomic E-state index is 0.197. The van der Waals surface area contributed by atoms with Crippen molar-refractivity contribution in [3.63, 3.8) is 0 Å². The molecule has 148 valence electrons. The summed E-state index contributed by atoms with van der Waals surface area (Å²) < 4.78 is 39.8. The summed E-state index contributed by atoms with van der Waals surface area (Å²) in [6.45, 7) is 0. The summed E-state index contributed by atoms with van der Waals surface area (Å²) >= 11 is 1.18. The van der Waals surface area contributed by atoms with E-state index in [4.69, 9.17) is 14.2 Å². The first-order valence-electron chi connectivity index (χ1n) is 7.99. The van der Waals surface area contributed by atoms with Crippen molar-refractivity contribution >= 4 is 42.4 Å². The van der Waals surface area contributed by atoms with Gasteiger partial charge in [-0.15, -0.1) is 0 Å². The second-order valence-corrected chi connectivity index (χ2v) is 8.83. The van der Waals surface area contributed by atoms with Crippen LogP contribution in [-0.2, 0) is 9.84 Å². The molecule has 8 nitrogen and oxygen atoms in total. The molecule has 1 aromatic heterocycles. The minimum atomic E-state index is -3.33. The average Bonchev–Trinajstić information content (AvgIpc) is 3.07. The first-order valence-corrected chi connectivity index (χ1v) is 10.7. The highest BCUT2D eigenvalue weighted by molar-refractivity contribution is 7.90. The van der Waals surface area contributed by atoms with Gasteiger partial charge in [-0.25, -0.2) is 13.4 Å². The van der Waals surface area contributed by atoms with Gasteiger partial charge in [0.2, 0.25) is 0 Å². The Bertz CT molecular complexity index is 1150. The first-order chi connectivity index (χ1) is 13.3. The predicted octanol–water partition coefficient (Wildman–Crippen LogP) is 2.98. The highest BCUT2D eigenvalue weighted by Gasteiger charge is 2.19. The maximum atomic E-state index is 12.7. The van der Waals surface area contributed by atoms with Crippen LogP contribution in [0.1, 0.15) is 10.4 Å². The maximum Gasteiger partial charge on any atom is 0.261 e. The molecule has 0 atom stereocenters. The zero-order valence-electron chi connectivity index (χ0n) is 15.6. The Balaban J connectivity index is 1.94. The zero-order chi connectivity index (χ0) is 20.5. The lowest BCUT2D eigenvalue weighted by Gasteiger charge is -2.13. The summed E-state index contributed by atoms with van der Waals surface area (Å²) in [4.78, 5) is 17.3. The molecule has 0 unspecified atom stereocenters. The van der Waals surface area contributed by atoms with Gasteiger partial charge in [0.1, 0.15) is 5.75 Å². The van der Waals surface area contributed by atoms with Crippen LogP contribution in [0.2, 0.25) is 0 Å². The third kappa shape index (κ3) is 3.87. The number of benzene rings is 2. The maximum absolute atomic E-state index is 12.7. The largest absolute Gasteiger partial charge is 0.496 e. The number of carbonyl (C=O) groups is 1. The van der Waals surface area contributed by atoms with Crippen molar-refractivity contribution in [2.24, 2.45) is 0 Å². The fourth-order valence-corrected chi connectivity index (χ4v) is 4.18. The molecule has 0 saturated heterocycles. The number of amides is 1. The average molecular weight is 422 g/mol. The molecule has 1 N–H and O–H groups in total. The number of hydrogen-bond acceptors (Lipinski definition) is 8. The first kappa shape index (κ1) is 19.9. The molecule has 2 aromatic carbocycles. The number of hydrogen-bond donors (Lipinski definition) is 1. The number of nitrogens with zero attached hydrogens (tertiary/aromatic N) is 1. The minimum Gasteiger partial charge on any atom is -0.496 e. The SMILES string of the molecule is COc1cc(OC)c(C(=O)Nc2nc3ccc(S(C)(=O)=O)cc3s2)cc1OC. The Morgan fingerprint density at radius 2 is 1.64 bits per heavy atom. The van der Waals surface area contributed by atoms with Crippen LogP contribution < -0.4 is 19.5 Å².